The fraction of sp³-hybridized carbons (Fsp3) is 0.621. The van der Waals surface area contributed by atoms with Gasteiger partial charge >= 0.3 is 6.09 Å². The highest BCUT2D eigenvalue weighted by atomic mass is 16.6. The fourth-order valence-corrected chi connectivity index (χ4v) is 7.19. The number of rotatable bonds is 5. The summed E-state index contributed by atoms with van der Waals surface area (Å²) in [7, 11) is 0. The Hall–Kier alpha value is -3.63. The Labute approximate surface area is 228 Å². The van der Waals surface area contributed by atoms with Gasteiger partial charge < -0.3 is 19.9 Å². The lowest BCUT2D eigenvalue weighted by Gasteiger charge is -2.39. The van der Waals surface area contributed by atoms with Gasteiger partial charge in [-0.15, -0.1) is 0 Å². The van der Waals surface area contributed by atoms with Gasteiger partial charge in [-0.1, -0.05) is 6.07 Å². The molecule has 7 atom stereocenters. The predicted molar refractivity (Wildman–Crippen MR) is 139 cm³/mol. The Morgan fingerprint density at radius 2 is 1.97 bits per heavy atom. The summed E-state index contributed by atoms with van der Waals surface area (Å²) in [6.07, 6.45) is 3.25. The van der Waals surface area contributed by atoms with Gasteiger partial charge in [0, 0.05) is 25.2 Å². The molecule has 0 aromatic heterocycles. The second-order valence-electron chi connectivity index (χ2n) is 12.6. The highest BCUT2D eigenvalue weighted by Gasteiger charge is 2.57. The van der Waals surface area contributed by atoms with Crippen LogP contribution in [0.5, 0.6) is 0 Å². The van der Waals surface area contributed by atoms with Crippen LogP contribution in [0.15, 0.2) is 18.2 Å². The molecule has 1 saturated carbocycles. The summed E-state index contributed by atoms with van der Waals surface area (Å²) in [4.78, 5) is 45.8. The van der Waals surface area contributed by atoms with Gasteiger partial charge in [0.15, 0.2) is 0 Å². The number of carbonyl (C=O) groups is 3. The zero-order valence-electron chi connectivity index (χ0n) is 22.6. The molecular formula is C29H34N6O4. The number of alkyl carbamates (subject to hydrolysis) is 1. The summed E-state index contributed by atoms with van der Waals surface area (Å²) in [5, 5.41) is 21.7. The summed E-state index contributed by atoms with van der Waals surface area (Å²) in [6.45, 7) is 6.10. The van der Waals surface area contributed by atoms with Gasteiger partial charge in [0.2, 0.25) is 11.8 Å². The van der Waals surface area contributed by atoms with Gasteiger partial charge in [0.1, 0.15) is 17.7 Å². The Morgan fingerprint density at radius 3 is 2.67 bits per heavy atom. The first-order chi connectivity index (χ1) is 18.6. The summed E-state index contributed by atoms with van der Waals surface area (Å²) in [5.41, 5.74) is 2.17. The van der Waals surface area contributed by atoms with E-state index in [2.05, 4.69) is 17.5 Å². The first-order valence-electron chi connectivity index (χ1n) is 13.9. The van der Waals surface area contributed by atoms with Gasteiger partial charge in [-0.3, -0.25) is 14.5 Å². The van der Waals surface area contributed by atoms with E-state index in [0.717, 1.165) is 30.4 Å². The molecule has 10 nitrogen and oxygen atoms in total. The molecule has 3 amide bonds. The Balaban J connectivity index is 1.18. The smallest absolute Gasteiger partial charge is 0.408 e. The summed E-state index contributed by atoms with van der Waals surface area (Å²) >= 11 is 0. The number of hydrogen-bond acceptors (Lipinski definition) is 7. The maximum atomic E-state index is 13.8. The van der Waals surface area contributed by atoms with Gasteiger partial charge in [0.05, 0.1) is 29.8 Å². The third kappa shape index (κ3) is 4.51. The standard InChI is InChI=1S/C29H34N6O4/c1-29(2,3)39-28(38)32-22(26(36)34-19(13-31)9-18-10-24(18)34)15-33-14-20-11-25(33)27(37)35(20)23-7-5-17-8-16(12-30)4-6-21(17)23/h4,6,8,18-20,22-25H,5,7,9-11,14-15H2,1-3H3,(H,32,38)/t18?,19-,20-,22-,23-,24?,25-/m0/s1. The summed E-state index contributed by atoms with van der Waals surface area (Å²) in [5.74, 6) is 0.134. The number of aryl methyl sites for hydroxylation is 1. The van der Waals surface area contributed by atoms with E-state index in [4.69, 9.17) is 4.74 Å². The largest absolute Gasteiger partial charge is 0.444 e. The van der Waals surface area contributed by atoms with Crippen LogP contribution in [-0.4, -0.2) is 81.5 Å². The zero-order chi connectivity index (χ0) is 27.6. The molecule has 1 aromatic rings. The van der Waals surface area contributed by atoms with E-state index in [1.54, 1.807) is 25.7 Å². The van der Waals surface area contributed by atoms with Gasteiger partial charge in [-0.25, -0.2) is 4.79 Å². The Kier molecular flexibility index (Phi) is 6.07. The molecular weight excluding hydrogens is 496 g/mol. The van der Waals surface area contributed by atoms with Crippen molar-refractivity contribution in [3.05, 3.63) is 34.9 Å². The molecule has 39 heavy (non-hydrogen) atoms. The lowest BCUT2D eigenvalue weighted by Crippen LogP contribution is -2.59. The number of nitriles is 2. The number of fused-ring (bicyclic) bond motifs is 4. The summed E-state index contributed by atoms with van der Waals surface area (Å²) in [6, 6.07) is 8.50. The number of piperidine rings is 1. The van der Waals surface area contributed by atoms with E-state index in [9.17, 15) is 24.9 Å². The maximum Gasteiger partial charge on any atom is 0.408 e. The lowest BCUT2D eigenvalue weighted by molar-refractivity contribution is -0.141. The molecule has 2 bridgehead atoms. The molecule has 2 aliphatic carbocycles. The number of nitrogens with one attached hydrogen (secondary N) is 1. The molecule has 4 fully saturated rings. The number of hydrogen-bond donors (Lipinski definition) is 1. The van der Waals surface area contributed by atoms with Crippen LogP contribution in [0, 0.1) is 28.6 Å². The van der Waals surface area contributed by atoms with E-state index in [-0.39, 0.29) is 42.5 Å². The van der Waals surface area contributed by atoms with Crippen LogP contribution >= 0.6 is 0 Å². The fourth-order valence-electron chi connectivity index (χ4n) is 7.19. The molecule has 5 aliphatic rings. The van der Waals surface area contributed by atoms with E-state index in [1.165, 1.54) is 0 Å². The first-order valence-corrected chi connectivity index (χ1v) is 13.9. The van der Waals surface area contributed by atoms with Crippen LogP contribution < -0.4 is 5.32 Å². The molecule has 204 valence electrons. The van der Waals surface area contributed by atoms with Crippen molar-refractivity contribution in [2.45, 2.75) is 94.7 Å². The Bertz CT molecular complexity index is 1310. The molecule has 3 heterocycles. The van der Waals surface area contributed by atoms with Gasteiger partial charge in [0.25, 0.3) is 0 Å². The van der Waals surface area contributed by atoms with Crippen LogP contribution in [0.1, 0.15) is 69.2 Å². The number of piperazine rings is 1. The molecule has 0 spiro atoms. The molecule has 3 aliphatic heterocycles. The molecule has 6 rings (SSSR count). The first kappa shape index (κ1) is 25.6. The lowest BCUT2D eigenvalue weighted by atomic mass is 10.0. The van der Waals surface area contributed by atoms with Crippen molar-refractivity contribution in [1.82, 2.24) is 20.0 Å². The van der Waals surface area contributed by atoms with Crippen LogP contribution in [0.3, 0.4) is 0 Å². The number of carbonyl (C=O) groups excluding carboxylic acids is 3. The number of ether oxygens (including phenoxy) is 1. The van der Waals surface area contributed by atoms with Crippen molar-refractivity contribution < 1.29 is 19.1 Å². The van der Waals surface area contributed by atoms with Crippen molar-refractivity contribution in [2.24, 2.45) is 5.92 Å². The predicted octanol–water partition coefficient (Wildman–Crippen LogP) is 2.24. The molecule has 10 heteroatoms. The van der Waals surface area contributed by atoms with E-state index < -0.39 is 23.8 Å². The van der Waals surface area contributed by atoms with Crippen molar-refractivity contribution >= 4 is 17.9 Å². The van der Waals surface area contributed by atoms with Crippen molar-refractivity contribution in [3.8, 4) is 12.1 Å². The maximum absolute atomic E-state index is 13.8. The number of likely N-dealkylation sites (tertiary alicyclic amines) is 3. The molecule has 1 N–H and O–H groups in total. The minimum absolute atomic E-state index is 0.00231. The van der Waals surface area contributed by atoms with Crippen molar-refractivity contribution in [2.75, 3.05) is 13.1 Å². The molecule has 0 radical (unpaired) electrons. The van der Waals surface area contributed by atoms with Crippen molar-refractivity contribution in [3.63, 3.8) is 0 Å². The highest BCUT2D eigenvalue weighted by Crippen LogP contribution is 2.48. The highest BCUT2D eigenvalue weighted by molar-refractivity contribution is 5.89. The number of nitrogens with zero attached hydrogens (tertiary/aromatic N) is 5. The second-order valence-corrected chi connectivity index (χ2v) is 12.6. The topological polar surface area (TPSA) is 130 Å². The zero-order valence-corrected chi connectivity index (χ0v) is 22.6. The minimum atomic E-state index is -0.910. The Morgan fingerprint density at radius 1 is 1.18 bits per heavy atom. The number of amides is 3. The van der Waals surface area contributed by atoms with E-state index in [0.29, 0.717) is 30.9 Å². The van der Waals surface area contributed by atoms with Crippen molar-refractivity contribution in [1.29, 1.82) is 10.5 Å². The monoisotopic (exact) mass is 530 g/mol. The van der Waals surface area contributed by atoms with Crippen LogP contribution in [-0.2, 0) is 20.7 Å². The average molecular weight is 531 g/mol. The normalized spacial score (nSPS) is 31.4. The average Bonchev–Trinajstić information content (AvgIpc) is 3.22. The minimum Gasteiger partial charge on any atom is -0.444 e. The SMILES string of the molecule is CC(C)(C)OC(=O)N[C@@H](CN1C[C@@H]2C[C@H]1C(=O)N2[C@H]1CCc2cc(C#N)ccc21)C(=O)N1C2CC2C[C@H]1C#N. The van der Waals surface area contributed by atoms with Crippen LogP contribution in [0.4, 0.5) is 4.79 Å². The van der Waals surface area contributed by atoms with Crippen LogP contribution in [0.25, 0.3) is 0 Å². The van der Waals surface area contributed by atoms with E-state index in [1.807, 2.05) is 28.0 Å². The second kappa shape index (κ2) is 9.24. The quantitative estimate of drug-likeness (QED) is 0.618. The van der Waals surface area contributed by atoms with Gasteiger partial charge in [-0.05, 0) is 82.1 Å². The van der Waals surface area contributed by atoms with Gasteiger partial charge in [-0.2, -0.15) is 10.5 Å². The number of benzene rings is 1. The third-order valence-electron chi connectivity index (χ3n) is 8.88. The van der Waals surface area contributed by atoms with E-state index >= 15 is 0 Å². The van der Waals surface area contributed by atoms with Crippen LogP contribution in [0.2, 0.25) is 0 Å². The molecule has 1 aromatic carbocycles. The third-order valence-corrected chi connectivity index (χ3v) is 8.88. The molecule has 3 saturated heterocycles. The molecule has 2 unspecified atom stereocenters. The summed E-state index contributed by atoms with van der Waals surface area (Å²) < 4.78 is 5.45.